The van der Waals surface area contributed by atoms with Crippen molar-refractivity contribution in [2.75, 3.05) is 24.5 Å². The first kappa shape index (κ1) is 24.7. The van der Waals surface area contributed by atoms with E-state index >= 15 is 0 Å². The number of anilines is 1. The smallest absolute Gasteiger partial charge is 0.259 e. The lowest BCUT2D eigenvalue weighted by Crippen LogP contribution is -2.53. The molecule has 0 unspecified atom stereocenters. The summed E-state index contributed by atoms with van der Waals surface area (Å²) >= 11 is 0. The molecule has 0 radical (unpaired) electrons. The van der Waals surface area contributed by atoms with Gasteiger partial charge in [0.25, 0.3) is 11.8 Å². The van der Waals surface area contributed by atoms with Crippen molar-refractivity contribution in [1.29, 1.82) is 0 Å². The minimum atomic E-state index is -0.596. The standard InChI is InChI=1S/C27H34N4O4/c1-27(2,3)28-25(34)21-16-30(19-10-6-4-7-11-19)17-22(24(21)33)26(35)29-14-15-31(23(32)18-29)20-12-8-5-9-13-20/h5,8-9,12-13,16-17,19H,4,6-7,10-11,14-15,18H2,1-3H3,(H,28,34). The average Bonchev–Trinajstić information content (AvgIpc) is 2.83. The monoisotopic (exact) mass is 478 g/mol. The zero-order valence-corrected chi connectivity index (χ0v) is 20.8. The lowest BCUT2D eigenvalue weighted by atomic mass is 9.95. The zero-order valence-electron chi connectivity index (χ0n) is 20.8. The molecule has 1 aliphatic carbocycles. The van der Waals surface area contributed by atoms with Crippen molar-refractivity contribution in [3.05, 3.63) is 64.1 Å². The van der Waals surface area contributed by atoms with Crippen LogP contribution >= 0.6 is 0 Å². The molecule has 4 rings (SSSR count). The molecule has 186 valence electrons. The normalized spacial score (nSPS) is 17.4. The van der Waals surface area contributed by atoms with E-state index in [0.717, 1.165) is 37.8 Å². The van der Waals surface area contributed by atoms with Gasteiger partial charge >= 0.3 is 0 Å². The summed E-state index contributed by atoms with van der Waals surface area (Å²) in [5, 5.41) is 2.85. The predicted molar refractivity (Wildman–Crippen MR) is 135 cm³/mol. The number of aromatic nitrogens is 1. The Morgan fingerprint density at radius 3 is 2.20 bits per heavy atom. The first-order chi connectivity index (χ1) is 16.6. The van der Waals surface area contributed by atoms with Crippen LogP contribution in [0.3, 0.4) is 0 Å². The van der Waals surface area contributed by atoms with E-state index in [-0.39, 0.29) is 29.6 Å². The van der Waals surface area contributed by atoms with Crippen LogP contribution in [0.4, 0.5) is 5.69 Å². The molecule has 0 bridgehead atoms. The third-order valence-electron chi connectivity index (χ3n) is 6.58. The third kappa shape index (κ3) is 5.63. The number of nitrogens with one attached hydrogen (secondary N) is 1. The highest BCUT2D eigenvalue weighted by Crippen LogP contribution is 2.28. The molecule has 8 nitrogen and oxygen atoms in total. The van der Waals surface area contributed by atoms with Crippen LogP contribution in [0.1, 0.15) is 79.6 Å². The SMILES string of the molecule is CC(C)(C)NC(=O)c1cn(C2CCCCC2)cc(C(=O)N2CCN(c3ccccc3)C(=O)C2)c1=O. The van der Waals surface area contributed by atoms with Crippen molar-refractivity contribution in [2.45, 2.75) is 64.5 Å². The van der Waals surface area contributed by atoms with E-state index in [9.17, 15) is 19.2 Å². The maximum absolute atomic E-state index is 13.5. The van der Waals surface area contributed by atoms with Crippen molar-refractivity contribution in [3.63, 3.8) is 0 Å². The fraction of sp³-hybridized carbons (Fsp3) is 0.481. The average molecular weight is 479 g/mol. The molecule has 0 atom stereocenters. The van der Waals surface area contributed by atoms with Crippen LogP contribution in [0, 0.1) is 0 Å². The third-order valence-corrected chi connectivity index (χ3v) is 6.58. The van der Waals surface area contributed by atoms with Gasteiger partial charge in [0.2, 0.25) is 11.3 Å². The van der Waals surface area contributed by atoms with Crippen LogP contribution in [-0.4, -0.2) is 52.4 Å². The first-order valence-corrected chi connectivity index (χ1v) is 12.4. The second-order valence-electron chi connectivity index (χ2n) is 10.5. The van der Waals surface area contributed by atoms with E-state index in [1.54, 1.807) is 17.3 Å². The van der Waals surface area contributed by atoms with Crippen LogP contribution < -0.4 is 15.6 Å². The number of para-hydroxylation sites is 1. The van der Waals surface area contributed by atoms with Crippen molar-refractivity contribution in [1.82, 2.24) is 14.8 Å². The minimum Gasteiger partial charge on any atom is -0.349 e. The molecule has 2 fully saturated rings. The number of hydrogen-bond donors (Lipinski definition) is 1. The van der Waals surface area contributed by atoms with Crippen molar-refractivity contribution in [2.24, 2.45) is 0 Å². The van der Waals surface area contributed by atoms with Gasteiger partial charge in [-0.05, 0) is 45.7 Å². The van der Waals surface area contributed by atoms with Gasteiger partial charge in [0.15, 0.2) is 0 Å². The number of amides is 3. The fourth-order valence-corrected chi connectivity index (χ4v) is 4.81. The van der Waals surface area contributed by atoms with Gasteiger partial charge in [-0.25, -0.2) is 0 Å². The topological polar surface area (TPSA) is 91.7 Å². The molecule has 1 saturated heterocycles. The number of pyridine rings is 1. The Morgan fingerprint density at radius 2 is 1.57 bits per heavy atom. The molecule has 3 amide bonds. The zero-order chi connectivity index (χ0) is 25.2. The summed E-state index contributed by atoms with van der Waals surface area (Å²) in [6, 6.07) is 9.46. The van der Waals surface area contributed by atoms with Gasteiger partial charge in [0.1, 0.15) is 17.7 Å². The number of carbonyl (C=O) groups is 3. The lowest BCUT2D eigenvalue weighted by Gasteiger charge is -2.34. The van der Waals surface area contributed by atoms with E-state index in [2.05, 4.69) is 5.32 Å². The summed E-state index contributed by atoms with van der Waals surface area (Å²) in [4.78, 5) is 55.8. The quantitative estimate of drug-likeness (QED) is 0.729. The molecule has 1 aromatic carbocycles. The second-order valence-corrected chi connectivity index (χ2v) is 10.5. The van der Waals surface area contributed by atoms with E-state index in [4.69, 9.17) is 0 Å². The summed E-state index contributed by atoms with van der Waals surface area (Å²) in [5.41, 5.74) is -0.435. The fourth-order valence-electron chi connectivity index (χ4n) is 4.81. The molecule has 2 aliphatic rings. The molecular weight excluding hydrogens is 444 g/mol. The Balaban J connectivity index is 1.64. The highest BCUT2D eigenvalue weighted by molar-refractivity contribution is 6.03. The van der Waals surface area contributed by atoms with Crippen LogP contribution in [-0.2, 0) is 4.79 Å². The van der Waals surface area contributed by atoms with Gasteiger partial charge in [0.05, 0.1) is 0 Å². The number of piperazine rings is 1. The van der Waals surface area contributed by atoms with Gasteiger partial charge in [0, 0.05) is 42.8 Å². The second kappa shape index (κ2) is 10.1. The largest absolute Gasteiger partial charge is 0.349 e. The lowest BCUT2D eigenvalue weighted by molar-refractivity contribution is -0.120. The number of carbonyl (C=O) groups excluding carboxylic acids is 3. The molecule has 1 aromatic heterocycles. The van der Waals surface area contributed by atoms with E-state index in [1.807, 2.05) is 55.7 Å². The molecule has 1 N–H and O–H groups in total. The van der Waals surface area contributed by atoms with Gasteiger partial charge in [-0.15, -0.1) is 0 Å². The van der Waals surface area contributed by atoms with E-state index in [1.165, 1.54) is 4.90 Å². The van der Waals surface area contributed by atoms with Gasteiger partial charge in [-0.3, -0.25) is 19.2 Å². The summed E-state index contributed by atoms with van der Waals surface area (Å²) < 4.78 is 1.87. The highest BCUT2D eigenvalue weighted by Gasteiger charge is 2.32. The molecule has 35 heavy (non-hydrogen) atoms. The number of nitrogens with zero attached hydrogens (tertiary/aromatic N) is 3. The summed E-state index contributed by atoms with van der Waals surface area (Å²) in [5.74, 6) is -1.21. The predicted octanol–water partition coefficient (Wildman–Crippen LogP) is 3.37. The first-order valence-electron chi connectivity index (χ1n) is 12.4. The molecule has 2 heterocycles. The Labute approximate surface area is 205 Å². The number of benzene rings is 1. The van der Waals surface area contributed by atoms with Gasteiger partial charge in [-0.1, -0.05) is 37.5 Å². The van der Waals surface area contributed by atoms with Gasteiger partial charge in [-0.2, -0.15) is 0 Å². The van der Waals surface area contributed by atoms with Gasteiger partial charge < -0.3 is 19.7 Å². The van der Waals surface area contributed by atoms with Crippen molar-refractivity contribution >= 4 is 23.4 Å². The van der Waals surface area contributed by atoms with Crippen LogP contribution in [0.5, 0.6) is 0 Å². The van der Waals surface area contributed by atoms with Crippen molar-refractivity contribution in [3.8, 4) is 0 Å². The van der Waals surface area contributed by atoms with Crippen LogP contribution in [0.2, 0.25) is 0 Å². The summed E-state index contributed by atoms with van der Waals surface area (Å²) in [6.45, 7) is 6.07. The van der Waals surface area contributed by atoms with E-state index in [0.29, 0.717) is 13.1 Å². The molecular formula is C27H34N4O4. The molecule has 8 heteroatoms. The Bertz CT molecular complexity index is 1160. The Hall–Kier alpha value is -3.42. The van der Waals surface area contributed by atoms with Crippen LogP contribution in [0.25, 0.3) is 0 Å². The molecule has 2 aromatic rings. The number of rotatable bonds is 4. The van der Waals surface area contributed by atoms with Crippen LogP contribution in [0.15, 0.2) is 47.5 Å². The van der Waals surface area contributed by atoms with E-state index < -0.39 is 22.8 Å². The molecule has 1 aliphatic heterocycles. The molecule has 1 saturated carbocycles. The number of hydrogen-bond acceptors (Lipinski definition) is 4. The Morgan fingerprint density at radius 1 is 0.914 bits per heavy atom. The molecule has 0 spiro atoms. The highest BCUT2D eigenvalue weighted by atomic mass is 16.2. The maximum Gasteiger partial charge on any atom is 0.259 e. The maximum atomic E-state index is 13.5. The minimum absolute atomic E-state index is 0.0365. The van der Waals surface area contributed by atoms with Crippen molar-refractivity contribution < 1.29 is 14.4 Å². The Kier molecular flexibility index (Phi) is 7.10. The summed E-state index contributed by atoms with van der Waals surface area (Å²) in [7, 11) is 0. The summed E-state index contributed by atoms with van der Waals surface area (Å²) in [6.07, 6.45) is 8.35.